The number of benzene rings is 1. The lowest BCUT2D eigenvalue weighted by Gasteiger charge is -2.24. The first kappa shape index (κ1) is 15.4. The van der Waals surface area contributed by atoms with Gasteiger partial charge in [0, 0.05) is 11.6 Å². The van der Waals surface area contributed by atoms with E-state index in [1.807, 2.05) is 45.0 Å². The number of fused-ring (bicyclic) bond motifs is 1. The summed E-state index contributed by atoms with van der Waals surface area (Å²) in [6.07, 6.45) is 0.825. The van der Waals surface area contributed by atoms with Crippen LogP contribution >= 0.6 is 0 Å². The molecule has 0 aliphatic carbocycles. The van der Waals surface area contributed by atoms with Gasteiger partial charge >= 0.3 is 5.97 Å². The van der Waals surface area contributed by atoms with E-state index in [0.717, 1.165) is 10.9 Å². The Hall–Kier alpha value is -1.94. The number of ether oxygens (including phenoxy) is 1. The number of aromatic nitrogens is 1. The minimum Gasteiger partial charge on any atom is -0.460 e. The topological polar surface area (TPSA) is 59.4 Å². The molecular formula is C17H21NO3. The molecule has 0 spiro atoms. The molecule has 2 unspecified atom stereocenters. The number of rotatable bonds is 3. The zero-order valence-electron chi connectivity index (χ0n) is 12.8. The summed E-state index contributed by atoms with van der Waals surface area (Å²) < 4.78 is 5.32. The van der Waals surface area contributed by atoms with E-state index in [-0.39, 0.29) is 0 Å². The smallest absolute Gasteiger partial charge is 0.312 e. The molecule has 21 heavy (non-hydrogen) atoms. The van der Waals surface area contributed by atoms with Crippen molar-refractivity contribution >= 4 is 16.9 Å². The van der Waals surface area contributed by atoms with Crippen molar-refractivity contribution in [1.82, 2.24) is 4.98 Å². The van der Waals surface area contributed by atoms with Crippen molar-refractivity contribution < 1.29 is 14.6 Å². The monoisotopic (exact) mass is 287 g/mol. The highest BCUT2D eigenvalue weighted by atomic mass is 16.6. The molecule has 0 radical (unpaired) electrons. The highest BCUT2D eigenvalue weighted by Gasteiger charge is 2.28. The summed E-state index contributed by atoms with van der Waals surface area (Å²) in [5, 5.41) is 11.3. The van der Waals surface area contributed by atoms with Gasteiger partial charge < -0.3 is 9.84 Å². The van der Waals surface area contributed by atoms with Crippen LogP contribution in [-0.2, 0) is 9.53 Å². The van der Waals surface area contributed by atoms with Gasteiger partial charge in [-0.1, -0.05) is 12.1 Å². The normalized spacial score (nSPS) is 14.7. The van der Waals surface area contributed by atoms with Gasteiger partial charge in [0.15, 0.2) is 0 Å². The third kappa shape index (κ3) is 3.79. The van der Waals surface area contributed by atoms with Gasteiger partial charge in [0.2, 0.25) is 0 Å². The van der Waals surface area contributed by atoms with Crippen LogP contribution in [0.1, 0.15) is 39.4 Å². The second-order valence-electron chi connectivity index (χ2n) is 6.22. The molecule has 2 atom stereocenters. The highest BCUT2D eigenvalue weighted by Crippen LogP contribution is 2.26. The van der Waals surface area contributed by atoms with Crippen molar-refractivity contribution in [2.45, 2.75) is 39.4 Å². The average molecular weight is 287 g/mol. The minimum atomic E-state index is -0.899. The maximum Gasteiger partial charge on any atom is 0.312 e. The second-order valence-corrected chi connectivity index (χ2v) is 6.22. The maximum atomic E-state index is 12.0. The van der Waals surface area contributed by atoms with E-state index in [9.17, 15) is 9.90 Å². The van der Waals surface area contributed by atoms with Gasteiger partial charge in [0.05, 0.1) is 17.5 Å². The maximum absolute atomic E-state index is 12.0. The minimum absolute atomic E-state index is 0.402. The van der Waals surface area contributed by atoms with Crippen LogP contribution in [0.2, 0.25) is 0 Å². The quantitative estimate of drug-likeness (QED) is 0.880. The molecule has 112 valence electrons. The number of carbonyl (C=O) groups excluding carboxylic acids is 1. The molecule has 2 rings (SSSR count). The van der Waals surface area contributed by atoms with E-state index in [4.69, 9.17) is 4.74 Å². The van der Waals surface area contributed by atoms with Crippen LogP contribution in [0.3, 0.4) is 0 Å². The molecule has 1 aromatic heterocycles. The highest BCUT2D eigenvalue weighted by molar-refractivity contribution is 5.79. The van der Waals surface area contributed by atoms with E-state index < -0.39 is 23.6 Å². The number of esters is 1. The third-order valence-corrected chi connectivity index (χ3v) is 3.22. The Morgan fingerprint density at radius 2 is 2.00 bits per heavy atom. The third-order valence-electron chi connectivity index (χ3n) is 3.22. The van der Waals surface area contributed by atoms with Crippen molar-refractivity contribution in [2.24, 2.45) is 5.92 Å². The lowest BCUT2D eigenvalue weighted by molar-refractivity contribution is -0.163. The Morgan fingerprint density at radius 1 is 1.29 bits per heavy atom. The van der Waals surface area contributed by atoms with E-state index in [1.54, 1.807) is 19.2 Å². The summed E-state index contributed by atoms with van der Waals surface area (Å²) >= 11 is 0. The summed E-state index contributed by atoms with van der Waals surface area (Å²) in [6, 6.07) is 9.26. The summed E-state index contributed by atoms with van der Waals surface area (Å²) in [6.45, 7) is 7.11. The molecule has 0 bridgehead atoms. The number of aliphatic hydroxyl groups excluding tert-OH is 1. The summed E-state index contributed by atoms with van der Waals surface area (Å²) in [5.74, 6) is -1.03. The fourth-order valence-corrected chi connectivity index (χ4v) is 2.09. The summed E-state index contributed by atoms with van der Waals surface area (Å²) in [4.78, 5) is 16.3. The molecule has 4 heteroatoms. The van der Waals surface area contributed by atoms with Crippen LogP contribution in [0.15, 0.2) is 36.5 Å². The standard InChI is InChI=1S/C17H21NO3/c1-11(16(20)21-17(2,3)4)15(19)13-7-8-14-12(10-13)6-5-9-18-14/h5-11,15,19H,1-4H3. The molecule has 1 N–H and O–H groups in total. The van der Waals surface area contributed by atoms with E-state index in [0.29, 0.717) is 5.56 Å². The Labute approximate surface area is 124 Å². The van der Waals surface area contributed by atoms with Gasteiger partial charge in [-0.25, -0.2) is 0 Å². The van der Waals surface area contributed by atoms with Gasteiger partial charge in [-0.3, -0.25) is 9.78 Å². The average Bonchev–Trinajstić information content (AvgIpc) is 2.43. The second kappa shape index (κ2) is 5.82. The number of hydrogen-bond donors (Lipinski definition) is 1. The number of aliphatic hydroxyl groups is 1. The molecule has 0 fully saturated rings. The Bertz CT molecular complexity index is 646. The fourth-order valence-electron chi connectivity index (χ4n) is 2.09. The van der Waals surface area contributed by atoms with Crippen LogP contribution in [0.5, 0.6) is 0 Å². The van der Waals surface area contributed by atoms with Crippen molar-refractivity contribution in [3.8, 4) is 0 Å². The van der Waals surface area contributed by atoms with Crippen LogP contribution in [-0.4, -0.2) is 21.7 Å². The number of hydrogen-bond acceptors (Lipinski definition) is 4. The van der Waals surface area contributed by atoms with Crippen LogP contribution < -0.4 is 0 Å². The van der Waals surface area contributed by atoms with Crippen LogP contribution in [0, 0.1) is 5.92 Å². The predicted octanol–water partition coefficient (Wildman–Crippen LogP) is 3.25. The van der Waals surface area contributed by atoms with E-state index in [2.05, 4.69) is 4.98 Å². The lowest BCUT2D eigenvalue weighted by Crippen LogP contribution is -2.30. The zero-order valence-corrected chi connectivity index (χ0v) is 12.8. The van der Waals surface area contributed by atoms with Crippen LogP contribution in [0.4, 0.5) is 0 Å². The van der Waals surface area contributed by atoms with Gasteiger partial charge in [0.25, 0.3) is 0 Å². The molecule has 0 aliphatic heterocycles. The van der Waals surface area contributed by atoms with Gasteiger partial charge in [-0.15, -0.1) is 0 Å². The Kier molecular flexibility index (Phi) is 4.28. The molecule has 0 aliphatic rings. The van der Waals surface area contributed by atoms with Gasteiger partial charge in [0.1, 0.15) is 5.60 Å². The number of pyridine rings is 1. The first-order valence-corrected chi connectivity index (χ1v) is 7.03. The van der Waals surface area contributed by atoms with E-state index >= 15 is 0 Å². The Balaban J connectivity index is 2.20. The first-order valence-electron chi connectivity index (χ1n) is 7.03. The van der Waals surface area contributed by atoms with E-state index in [1.165, 1.54) is 0 Å². The molecule has 1 aromatic carbocycles. The predicted molar refractivity (Wildman–Crippen MR) is 81.7 cm³/mol. The van der Waals surface area contributed by atoms with Gasteiger partial charge in [-0.2, -0.15) is 0 Å². The molecule has 2 aromatic rings. The zero-order chi connectivity index (χ0) is 15.6. The molecule has 1 heterocycles. The van der Waals surface area contributed by atoms with Crippen molar-refractivity contribution in [2.75, 3.05) is 0 Å². The molecule has 0 saturated carbocycles. The lowest BCUT2D eigenvalue weighted by atomic mass is 9.96. The largest absolute Gasteiger partial charge is 0.460 e. The van der Waals surface area contributed by atoms with Crippen molar-refractivity contribution in [3.05, 3.63) is 42.1 Å². The molecule has 4 nitrogen and oxygen atoms in total. The molecule has 0 amide bonds. The van der Waals surface area contributed by atoms with Crippen molar-refractivity contribution in [3.63, 3.8) is 0 Å². The number of nitrogens with zero attached hydrogens (tertiary/aromatic N) is 1. The SMILES string of the molecule is CC(C(=O)OC(C)(C)C)C(O)c1ccc2ncccc2c1. The first-order chi connectivity index (χ1) is 9.78. The summed E-state index contributed by atoms with van der Waals surface area (Å²) in [7, 11) is 0. The summed E-state index contributed by atoms with van der Waals surface area (Å²) in [5.41, 5.74) is 0.991. The van der Waals surface area contributed by atoms with Crippen molar-refractivity contribution in [1.29, 1.82) is 0 Å². The van der Waals surface area contributed by atoms with Crippen LogP contribution in [0.25, 0.3) is 10.9 Å². The van der Waals surface area contributed by atoms with Gasteiger partial charge in [-0.05, 0) is 51.5 Å². The molecule has 0 saturated heterocycles. The Morgan fingerprint density at radius 3 is 2.67 bits per heavy atom. The fraction of sp³-hybridized carbons (Fsp3) is 0.412. The number of carbonyl (C=O) groups is 1. The molecular weight excluding hydrogens is 266 g/mol.